The lowest BCUT2D eigenvalue weighted by molar-refractivity contribution is 0.400. The fourth-order valence-electron chi connectivity index (χ4n) is 2.01. The molecule has 1 N–H and O–H groups in total. The van der Waals surface area contributed by atoms with Gasteiger partial charge in [-0.05, 0) is 31.8 Å². The van der Waals surface area contributed by atoms with Crippen LogP contribution in [0.25, 0.3) is 0 Å². The molecule has 0 aliphatic heterocycles. The first-order valence-electron chi connectivity index (χ1n) is 6.49. The van der Waals surface area contributed by atoms with Crippen molar-refractivity contribution in [2.75, 3.05) is 26.5 Å². The van der Waals surface area contributed by atoms with E-state index in [1.54, 1.807) is 18.0 Å². The van der Waals surface area contributed by atoms with Crippen LogP contribution in [-0.4, -0.2) is 41.1 Å². The molecule has 20 heavy (non-hydrogen) atoms. The van der Waals surface area contributed by atoms with Crippen LogP contribution in [0.5, 0.6) is 5.75 Å². The van der Waals surface area contributed by atoms with Crippen LogP contribution in [0.3, 0.4) is 0 Å². The molecule has 0 unspecified atom stereocenters. The minimum Gasteiger partial charge on any atom is -0.495 e. The molecule has 0 spiro atoms. The molecule has 6 heteroatoms. The highest BCUT2D eigenvalue weighted by molar-refractivity contribution is 5.58. The minimum absolute atomic E-state index is 0.658. The van der Waals surface area contributed by atoms with Gasteiger partial charge in [-0.3, -0.25) is 4.68 Å². The van der Waals surface area contributed by atoms with Gasteiger partial charge in [-0.2, -0.15) is 0 Å². The van der Waals surface area contributed by atoms with Gasteiger partial charge in [-0.1, -0.05) is 11.3 Å². The highest BCUT2D eigenvalue weighted by Gasteiger charge is 2.06. The summed E-state index contributed by atoms with van der Waals surface area (Å²) in [5.41, 5.74) is 3.24. The zero-order valence-electron chi connectivity index (χ0n) is 12.4. The summed E-state index contributed by atoms with van der Waals surface area (Å²) in [7, 11) is 7.67. The Balaban J connectivity index is 2.13. The van der Waals surface area contributed by atoms with Gasteiger partial charge in [0.2, 0.25) is 0 Å². The summed E-state index contributed by atoms with van der Waals surface area (Å²) < 4.78 is 7.14. The molecule has 108 valence electrons. The molecule has 2 rings (SSSR count). The Hall–Kier alpha value is -2.08. The summed E-state index contributed by atoms with van der Waals surface area (Å²) in [5.74, 6) is 0.836. The van der Waals surface area contributed by atoms with Crippen molar-refractivity contribution in [3.63, 3.8) is 0 Å². The maximum atomic E-state index is 5.39. The number of aromatic nitrogens is 3. The minimum atomic E-state index is 0.658. The second-order valence-electron chi connectivity index (χ2n) is 4.97. The Morgan fingerprint density at radius 3 is 2.75 bits per heavy atom. The Morgan fingerprint density at radius 1 is 1.35 bits per heavy atom. The summed E-state index contributed by atoms with van der Waals surface area (Å²) in [6.45, 7) is 1.55. The van der Waals surface area contributed by atoms with Gasteiger partial charge in [0.1, 0.15) is 5.75 Å². The van der Waals surface area contributed by atoms with Crippen molar-refractivity contribution in [2.24, 2.45) is 7.05 Å². The van der Waals surface area contributed by atoms with E-state index in [0.717, 1.165) is 23.7 Å². The Bertz CT molecular complexity index is 564. The second-order valence-corrected chi connectivity index (χ2v) is 4.97. The molecular formula is C14H21N5O. The summed E-state index contributed by atoms with van der Waals surface area (Å²) in [4.78, 5) is 2.14. The van der Waals surface area contributed by atoms with Gasteiger partial charge in [0.25, 0.3) is 0 Å². The quantitative estimate of drug-likeness (QED) is 0.866. The highest BCUT2D eigenvalue weighted by Crippen LogP contribution is 2.26. The Morgan fingerprint density at radius 2 is 2.15 bits per heavy atom. The number of hydrogen-bond acceptors (Lipinski definition) is 5. The van der Waals surface area contributed by atoms with Gasteiger partial charge in [0, 0.05) is 13.6 Å². The molecule has 1 aromatic heterocycles. The van der Waals surface area contributed by atoms with E-state index >= 15 is 0 Å². The van der Waals surface area contributed by atoms with E-state index in [4.69, 9.17) is 4.74 Å². The predicted octanol–water partition coefficient (Wildman–Crippen LogP) is 1.50. The van der Waals surface area contributed by atoms with Crippen molar-refractivity contribution in [2.45, 2.75) is 13.1 Å². The number of rotatable bonds is 6. The highest BCUT2D eigenvalue weighted by atomic mass is 16.5. The van der Waals surface area contributed by atoms with E-state index in [2.05, 4.69) is 46.8 Å². The van der Waals surface area contributed by atoms with E-state index < -0.39 is 0 Å². The molecule has 0 saturated heterocycles. The number of aryl methyl sites for hydroxylation is 1. The first-order valence-corrected chi connectivity index (χ1v) is 6.49. The number of benzene rings is 1. The Labute approximate surface area is 119 Å². The van der Waals surface area contributed by atoms with Crippen LogP contribution in [-0.2, 0) is 20.1 Å². The predicted molar refractivity (Wildman–Crippen MR) is 78.7 cm³/mol. The van der Waals surface area contributed by atoms with E-state index in [0.29, 0.717) is 6.54 Å². The largest absolute Gasteiger partial charge is 0.495 e. The fraction of sp³-hybridized carbons (Fsp3) is 0.429. The fourth-order valence-corrected chi connectivity index (χ4v) is 2.01. The van der Waals surface area contributed by atoms with Crippen LogP contribution in [0, 0.1) is 0 Å². The van der Waals surface area contributed by atoms with Gasteiger partial charge in [-0.15, -0.1) is 5.10 Å². The molecule has 1 heterocycles. The number of ether oxygens (including phenoxy) is 1. The van der Waals surface area contributed by atoms with Crippen molar-refractivity contribution in [1.82, 2.24) is 19.9 Å². The third kappa shape index (κ3) is 3.48. The molecule has 0 fully saturated rings. The van der Waals surface area contributed by atoms with Crippen LogP contribution in [0.4, 0.5) is 5.69 Å². The molecule has 0 atom stereocenters. The van der Waals surface area contributed by atoms with Crippen LogP contribution in [0.2, 0.25) is 0 Å². The van der Waals surface area contributed by atoms with Crippen molar-refractivity contribution < 1.29 is 4.74 Å². The van der Waals surface area contributed by atoms with E-state index in [9.17, 15) is 0 Å². The molecule has 6 nitrogen and oxygen atoms in total. The number of nitrogens with zero attached hydrogens (tertiary/aromatic N) is 4. The molecule has 0 amide bonds. The smallest absolute Gasteiger partial charge is 0.141 e. The standard InChI is InChI=1S/C14H21N5O/c1-18(2)10-11-5-6-14(20-4)13(7-11)15-8-12-9-16-17-19(12)3/h5-7,9,15H,8,10H2,1-4H3. The molecule has 0 aliphatic rings. The third-order valence-electron chi connectivity index (χ3n) is 3.03. The molecule has 0 saturated carbocycles. The van der Waals surface area contributed by atoms with Crippen molar-refractivity contribution in [3.05, 3.63) is 35.7 Å². The van der Waals surface area contributed by atoms with Gasteiger partial charge in [0.15, 0.2) is 0 Å². The first kappa shape index (κ1) is 14.3. The topological polar surface area (TPSA) is 55.2 Å². The SMILES string of the molecule is COc1ccc(CN(C)C)cc1NCc1cnnn1C. The molecule has 0 radical (unpaired) electrons. The van der Waals surface area contributed by atoms with Gasteiger partial charge in [0.05, 0.1) is 31.2 Å². The van der Waals surface area contributed by atoms with Crippen LogP contribution in [0.15, 0.2) is 24.4 Å². The van der Waals surface area contributed by atoms with Crippen LogP contribution >= 0.6 is 0 Å². The number of methoxy groups -OCH3 is 1. The van der Waals surface area contributed by atoms with E-state index in [1.807, 2.05) is 13.1 Å². The van der Waals surface area contributed by atoms with Gasteiger partial charge in [-0.25, -0.2) is 0 Å². The van der Waals surface area contributed by atoms with E-state index in [1.165, 1.54) is 5.56 Å². The van der Waals surface area contributed by atoms with E-state index in [-0.39, 0.29) is 0 Å². The first-order chi connectivity index (χ1) is 9.60. The summed E-state index contributed by atoms with van der Waals surface area (Å²) >= 11 is 0. The lowest BCUT2D eigenvalue weighted by Gasteiger charge is -2.15. The Kier molecular flexibility index (Phi) is 4.57. The number of anilines is 1. The lowest BCUT2D eigenvalue weighted by atomic mass is 10.1. The molecule has 2 aromatic rings. The van der Waals surface area contributed by atoms with Gasteiger partial charge >= 0.3 is 0 Å². The molecular weight excluding hydrogens is 254 g/mol. The molecule has 0 bridgehead atoms. The molecule has 1 aromatic carbocycles. The third-order valence-corrected chi connectivity index (χ3v) is 3.03. The van der Waals surface area contributed by atoms with Gasteiger partial charge < -0.3 is 15.0 Å². The number of hydrogen-bond donors (Lipinski definition) is 1. The lowest BCUT2D eigenvalue weighted by Crippen LogP contribution is -2.11. The van der Waals surface area contributed by atoms with Crippen molar-refractivity contribution in [1.29, 1.82) is 0 Å². The monoisotopic (exact) mass is 275 g/mol. The normalized spacial score (nSPS) is 10.8. The molecule has 0 aliphatic carbocycles. The van der Waals surface area contributed by atoms with Crippen molar-refractivity contribution >= 4 is 5.69 Å². The zero-order valence-corrected chi connectivity index (χ0v) is 12.4. The average molecular weight is 275 g/mol. The average Bonchev–Trinajstić information content (AvgIpc) is 2.81. The van der Waals surface area contributed by atoms with Crippen LogP contribution < -0.4 is 10.1 Å². The summed E-state index contributed by atoms with van der Waals surface area (Å²) in [6.07, 6.45) is 1.75. The maximum Gasteiger partial charge on any atom is 0.141 e. The van der Waals surface area contributed by atoms with Crippen molar-refractivity contribution in [3.8, 4) is 5.75 Å². The summed E-state index contributed by atoms with van der Waals surface area (Å²) in [5, 5.41) is 11.2. The second kappa shape index (κ2) is 6.38. The zero-order chi connectivity index (χ0) is 14.5. The summed E-state index contributed by atoms with van der Waals surface area (Å²) in [6, 6.07) is 6.18. The number of nitrogens with one attached hydrogen (secondary N) is 1. The maximum absolute atomic E-state index is 5.39. The van der Waals surface area contributed by atoms with Crippen LogP contribution in [0.1, 0.15) is 11.3 Å².